The van der Waals surface area contributed by atoms with E-state index in [0.29, 0.717) is 49.1 Å². The second-order valence-electron chi connectivity index (χ2n) is 6.58. The van der Waals surface area contributed by atoms with Gasteiger partial charge in [0.1, 0.15) is 11.5 Å². The highest BCUT2D eigenvalue weighted by atomic mass is 16.5. The minimum absolute atomic E-state index is 0.105. The topological polar surface area (TPSA) is 83.9 Å². The van der Waals surface area contributed by atoms with Crippen LogP contribution in [0, 0.1) is 5.92 Å². The van der Waals surface area contributed by atoms with Crippen LogP contribution in [0.25, 0.3) is 0 Å². The fraction of sp³-hybridized carbons (Fsp3) is 0.286. The second-order valence-corrected chi connectivity index (χ2v) is 6.58. The zero-order valence-electron chi connectivity index (χ0n) is 14.8. The number of benzene rings is 2. The van der Waals surface area contributed by atoms with E-state index in [2.05, 4.69) is 0 Å². The van der Waals surface area contributed by atoms with E-state index in [4.69, 9.17) is 4.74 Å². The van der Waals surface area contributed by atoms with Crippen LogP contribution in [0.3, 0.4) is 0 Å². The standard InChI is InChI=1S/C21H21NO5/c23-12-16-6-1-2-7-17(16)21(26)22-10-4-5-15(11-22)14-27-20-9-3-8-19(25)18(20)13-24/h1-3,6-9,12-13,15,25H,4-5,10-11,14H2. The number of hydrogen-bond donors (Lipinski definition) is 1. The van der Waals surface area contributed by atoms with E-state index < -0.39 is 0 Å². The number of hydrogen-bond acceptors (Lipinski definition) is 5. The number of carbonyl (C=O) groups excluding carboxylic acids is 3. The van der Waals surface area contributed by atoms with Crippen molar-refractivity contribution >= 4 is 18.5 Å². The average molecular weight is 367 g/mol. The molecule has 0 aromatic heterocycles. The SMILES string of the molecule is O=Cc1ccccc1C(=O)N1CCCC(COc2cccc(O)c2C=O)C1. The van der Waals surface area contributed by atoms with Crippen molar-refractivity contribution in [2.45, 2.75) is 12.8 Å². The molecule has 1 unspecified atom stereocenters. The molecule has 0 bridgehead atoms. The Labute approximate surface area is 157 Å². The third-order valence-corrected chi connectivity index (χ3v) is 4.76. The lowest BCUT2D eigenvalue weighted by atomic mass is 9.97. The Bertz CT molecular complexity index is 848. The molecule has 1 aliphatic heterocycles. The Morgan fingerprint density at radius 1 is 1.15 bits per heavy atom. The van der Waals surface area contributed by atoms with Gasteiger partial charge in [0.15, 0.2) is 12.6 Å². The number of carbonyl (C=O) groups is 3. The minimum atomic E-state index is -0.159. The summed E-state index contributed by atoms with van der Waals surface area (Å²) in [7, 11) is 0. The molecule has 1 amide bonds. The molecule has 6 heteroatoms. The van der Waals surface area contributed by atoms with Gasteiger partial charge in [0, 0.05) is 24.6 Å². The van der Waals surface area contributed by atoms with Crippen LogP contribution >= 0.6 is 0 Å². The fourth-order valence-corrected chi connectivity index (χ4v) is 3.33. The first-order chi connectivity index (χ1) is 13.1. The molecule has 0 saturated carbocycles. The molecular formula is C21H21NO5. The van der Waals surface area contributed by atoms with Gasteiger partial charge in [-0.05, 0) is 31.0 Å². The van der Waals surface area contributed by atoms with Crippen LogP contribution in [0.15, 0.2) is 42.5 Å². The van der Waals surface area contributed by atoms with Gasteiger partial charge in [-0.3, -0.25) is 14.4 Å². The number of rotatable bonds is 6. The van der Waals surface area contributed by atoms with E-state index in [1.54, 1.807) is 41.3 Å². The summed E-state index contributed by atoms with van der Waals surface area (Å²) in [6.45, 7) is 1.49. The molecule has 1 fully saturated rings. The predicted octanol–water partition coefficient (Wildman–Crippen LogP) is 2.95. The summed E-state index contributed by atoms with van der Waals surface area (Å²) in [4.78, 5) is 36.9. The van der Waals surface area contributed by atoms with Crippen LogP contribution in [0.4, 0.5) is 0 Å². The lowest BCUT2D eigenvalue weighted by Gasteiger charge is -2.33. The molecule has 0 spiro atoms. The lowest BCUT2D eigenvalue weighted by Crippen LogP contribution is -2.41. The zero-order valence-corrected chi connectivity index (χ0v) is 14.8. The third kappa shape index (κ3) is 4.16. The number of aldehydes is 2. The highest BCUT2D eigenvalue weighted by Gasteiger charge is 2.26. The van der Waals surface area contributed by atoms with Crippen molar-refractivity contribution in [2.24, 2.45) is 5.92 Å². The maximum Gasteiger partial charge on any atom is 0.254 e. The van der Waals surface area contributed by atoms with E-state index in [-0.39, 0.29) is 23.1 Å². The molecule has 1 atom stereocenters. The van der Waals surface area contributed by atoms with Gasteiger partial charge in [0.2, 0.25) is 0 Å². The Balaban J connectivity index is 1.66. The van der Waals surface area contributed by atoms with E-state index in [9.17, 15) is 19.5 Å². The summed E-state index contributed by atoms with van der Waals surface area (Å²) in [5.41, 5.74) is 0.919. The number of amides is 1. The molecule has 2 aromatic rings. The van der Waals surface area contributed by atoms with Gasteiger partial charge in [0.25, 0.3) is 5.91 Å². The van der Waals surface area contributed by atoms with Gasteiger partial charge in [-0.2, -0.15) is 0 Å². The average Bonchev–Trinajstić information content (AvgIpc) is 2.72. The summed E-state index contributed by atoms with van der Waals surface area (Å²) >= 11 is 0. The summed E-state index contributed by atoms with van der Waals surface area (Å²) in [5.74, 6) is 0.162. The molecule has 6 nitrogen and oxygen atoms in total. The van der Waals surface area contributed by atoms with Gasteiger partial charge >= 0.3 is 0 Å². The van der Waals surface area contributed by atoms with Crippen molar-refractivity contribution in [3.8, 4) is 11.5 Å². The molecule has 3 rings (SSSR count). The van der Waals surface area contributed by atoms with Gasteiger partial charge < -0.3 is 14.7 Å². The molecule has 1 heterocycles. The zero-order chi connectivity index (χ0) is 19.2. The summed E-state index contributed by atoms with van der Waals surface area (Å²) in [6.07, 6.45) is 3.00. The highest BCUT2D eigenvalue weighted by Crippen LogP contribution is 2.27. The fourth-order valence-electron chi connectivity index (χ4n) is 3.33. The maximum atomic E-state index is 12.8. The van der Waals surface area contributed by atoms with E-state index >= 15 is 0 Å². The van der Waals surface area contributed by atoms with Crippen LogP contribution in [0.5, 0.6) is 11.5 Å². The van der Waals surface area contributed by atoms with Gasteiger partial charge in [-0.15, -0.1) is 0 Å². The largest absolute Gasteiger partial charge is 0.507 e. The van der Waals surface area contributed by atoms with Crippen molar-refractivity contribution in [1.29, 1.82) is 0 Å². The number of nitrogens with zero attached hydrogens (tertiary/aromatic N) is 1. The van der Waals surface area contributed by atoms with Gasteiger partial charge in [0.05, 0.1) is 17.7 Å². The highest BCUT2D eigenvalue weighted by molar-refractivity contribution is 6.01. The maximum absolute atomic E-state index is 12.8. The number of ether oxygens (including phenoxy) is 1. The molecule has 140 valence electrons. The van der Waals surface area contributed by atoms with E-state index in [1.165, 1.54) is 6.07 Å². The quantitative estimate of drug-likeness (QED) is 0.794. The molecule has 1 saturated heterocycles. The van der Waals surface area contributed by atoms with Crippen molar-refractivity contribution in [1.82, 2.24) is 4.90 Å². The summed E-state index contributed by atoms with van der Waals surface area (Å²) < 4.78 is 5.74. The van der Waals surface area contributed by atoms with E-state index in [0.717, 1.165) is 12.8 Å². The number of likely N-dealkylation sites (tertiary alicyclic amines) is 1. The third-order valence-electron chi connectivity index (χ3n) is 4.76. The number of piperidine rings is 1. The van der Waals surface area contributed by atoms with Crippen LogP contribution in [0.2, 0.25) is 0 Å². The first kappa shape index (κ1) is 18.6. The normalized spacial score (nSPS) is 16.6. The first-order valence-corrected chi connectivity index (χ1v) is 8.87. The van der Waals surface area contributed by atoms with Crippen LogP contribution < -0.4 is 4.74 Å². The van der Waals surface area contributed by atoms with E-state index in [1.807, 2.05) is 0 Å². The molecule has 0 aliphatic carbocycles. The van der Waals surface area contributed by atoms with Crippen LogP contribution in [-0.2, 0) is 0 Å². The van der Waals surface area contributed by atoms with Crippen molar-refractivity contribution < 1.29 is 24.2 Å². The summed E-state index contributed by atoms with van der Waals surface area (Å²) in [5, 5.41) is 9.73. The Morgan fingerprint density at radius 3 is 2.74 bits per heavy atom. The molecule has 27 heavy (non-hydrogen) atoms. The number of aromatic hydroxyl groups is 1. The van der Waals surface area contributed by atoms with Crippen molar-refractivity contribution in [3.63, 3.8) is 0 Å². The van der Waals surface area contributed by atoms with Gasteiger partial charge in [-0.25, -0.2) is 0 Å². The predicted molar refractivity (Wildman–Crippen MR) is 99.4 cm³/mol. The Morgan fingerprint density at radius 2 is 1.96 bits per heavy atom. The van der Waals surface area contributed by atoms with Crippen molar-refractivity contribution in [2.75, 3.05) is 19.7 Å². The van der Waals surface area contributed by atoms with Crippen molar-refractivity contribution in [3.05, 3.63) is 59.2 Å². The van der Waals surface area contributed by atoms with Gasteiger partial charge in [-0.1, -0.05) is 24.3 Å². The molecular weight excluding hydrogens is 346 g/mol. The molecule has 0 radical (unpaired) electrons. The second kappa shape index (κ2) is 8.49. The number of phenolic OH excluding ortho intramolecular Hbond substituents is 1. The number of phenols is 1. The van der Waals surface area contributed by atoms with Crippen LogP contribution in [0.1, 0.15) is 43.9 Å². The Hall–Kier alpha value is -3.15. The Kier molecular flexibility index (Phi) is 5.86. The lowest BCUT2D eigenvalue weighted by molar-refractivity contribution is 0.0631. The smallest absolute Gasteiger partial charge is 0.254 e. The monoisotopic (exact) mass is 367 g/mol. The first-order valence-electron chi connectivity index (χ1n) is 8.87. The molecule has 1 N–H and O–H groups in total. The molecule has 1 aliphatic rings. The summed E-state index contributed by atoms with van der Waals surface area (Å²) in [6, 6.07) is 11.5. The van der Waals surface area contributed by atoms with Crippen LogP contribution in [-0.4, -0.2) is 48.2 Å². The molecule has 2 aromatic carbocycles. The minimum Gasteiger partial charge on any atom is -0.507 e.